The summed E-state index contributed by atoms with van der Waals surface area (Å²) < 4.78 is 4.55. The zero-order valence-electron chi connectivity index (χ0n) is 7.70. The first-order valence-electron chi connectivity index (χ1n) is 4.03. The van der Waals surface area contributed by atoms with Crippen molar-refractivity contribution in [2.24, 2.45) is 0 Å². The molecule has 0 amide bonds. The summed E-state index contributed by atoms with van der Waals surface area (Å²) in [5.41, 5.74) is 0. The number of nitrogens with zero attached hydrogens (tertiary/aromatic N) is 1. The molecule has 0 radical (unpaired) electrons. The lowest BCUT2D eigenvalue weighted by molar-refractivity contribution is -0.142. The highest BCUT2D eigenvalue weighted by molar-refractivity contribution is 5.74. The highest BCUT2D eigenvalue weighted by Gasteiger charge is 2.11. The second-order valence-electron chi connectivity index (χ2n) is 2.66. The number of imidazole rings is 1. The maximum Gasteiger partial charge on any atom is 0.322 e. The second-order valence-corrected chi connectivity index (χ2v) is 2.66. The number of carbonyl (C=O) groups is 1. The van der Waals surface area contributed by atoms with E-state index in [0.717, 1.165) is 5.82 Å². The largest absolute Gasteiger partial charge is 0.468 e. The lowest BCUT2D eigenvalue weighted by atomic mass is 10.3. The molecule has 1 aromatic rings. The van der Waals surface area contributed by atoms with Crippen LogP contribution < -0.4 is 5.32 Å². The molecule has 1 aromatic heterocycles. The Morgan fingerprint density at radius 2 is 2.62 bits per heavy atom. The van der Waals surface area contributed by atoms with Crippen LogP contribution in [0, 0.1) is 0 Å². The van der Waals surface area contributed by atoms with Gasteiger partial charge in [0.05, 0.1) is 13.7 Å². The molecule has 0 aliphatic carbocycles. The molecule has 13 heavy (non-hydrogen) atoms. The topological polar surface area (TPSA) is 67.0 Å². The molecule has 2 N–H and O–H groups in total. The van der Waals surface area contributed by atoms with Crippen LogP contribution in [-0.4, -0.2) is 29.1 Å². The van der Waals surface area contributed by atoms with E-state index >= 15 is 0 Å². The molecule has 5 heteroatoms. The van der Waals surface area contributed by atoms with E-state index in [9.17, 15) is 4.79 Å². The van der Waals surface area contributed by atoms with Crippen LogP contribution in [0.5, 0.6) is 0 Å². The molecule has 5 nitrogen and oxygen atoms in total. The van der Waals surface area contributed by atoms with Crippen molar-refractivity contribution in [1.82, 2.24) is 15.3 Å². The number of hydrogen-bond acceptors (Lipinski definition) is 4. The van der Waals surface area contributed by atoms with Gasteiger partial charge in [0, 0.05) is 12.4 Å². The van der Waals surface area contributed by atoms with Gasteiger partial charge < -0.3 is 9.72 Å². The molecule has 1 rings (SSSR count). The smallest absolute Gasteiger partial charge is 0.322 e. The van der Waals surface area contributed by atoms with Gasteiger partial charge in [0.1, 0.15) is 11.9 Å². The lowest BCUT2D eigenvalue weighted by Gasteiger charge is -2.09. The molecular formula is C8H13N3O2. The Hall–Kier alpha value is -1.36. The van der Waals surface area contributed by atoms with E-state index in [-0.39, 0.29) is 12.0 Å². The van der Waals surface area contributed by atoms with Gasteiger partial charge in [-0.15, -0.1) is 0 Å². The maximum absolute atomic E-state index is 11.0. The summed E-state index contributed by atoms with van der Waals surface area (Å²) in [5, 5.41) is 2.97. The minimum absolute atomic E-state index is 0.272. The van der Waals surface area contributed by atoms with Gasteiger partial charge in [0.25, 0.3) is 0 Å². The molecule has 0 saturated carbocycles. The average Bonchev–Trinajstić information content (AvgIpc) is 2.65. The number of rotatable bonds is 4. The molecule has 0 spiro atoms. The molecule has 0 aliphatic rings. The molecule has 0 aliphatic heterocycles. The van der Waals surface area contributed by atoms with Crippen LogP contribution in [-0.2, 0) is 16.1 Å². The summed E-state index contributed by atoms with van der Waals surface area (Å²) in [5.74, 6) is 0.530. The SMILES string of the molecule is COC(=O)C(C)NCc1ncc[nH]1. The van der Waals surface area contributed by atoms with E-state index in [1.54, 1.807) is 19.3 Å². The van der Waals surface area contributed by atoms with Crippen LogP contribution >= 0.6 is 0 Å². The van der Waals surface area contributed by atoms with Crippen LogP contribution in [0.3, 0.4) is 0 Å². The van der Waals surface area contributed by atoms with E-state index in [1.807, 2.05) is 0 Å². The van der Waals surface area contributed by atoms with E-state index in [4.69, 9.17) is 0 Å². The Bertz CT molecular complexity index is 258. The fraction of sp³-hybridized carbons (Fsp3) is 0.500. The van der Waals surface area contributed by atoms with Crippen molar-refractivity contribution in [3.8, 4) is 0 Å². The fourth-order valence-corrected chi connectivity index (χ4v) is 0.905. The van der Waals surface area contributed by atoms with Gasteiger partial charge in [0.2, 0.25) is 0 Å². The minimum Gasteiger partial charge on any atom is -0.468 e. The Morgan fingerprint density at radius 1 is 1.85 bits per heavy atom. The van der Waals surface area contributed by atoms with Gasteiger partial charge in [-0.1, -0.05) is 0 Å². The van der Waals surface area contributed by atoms with Crippen molar-refractivity contribution in [3.63, 3.8) is 0 Å². The predicted octanol–water partition coefficient (Wildman–Crippen LogP) is 0.0608. The van der Waals surface area contributed by atoms with Gasteiger partial charge in [-0.25, -0.2) is 4.98 Å². The summed E-state index contributed by atoms with van der Waals surface area (Å²) in [6.45, 7) is 2.28. The first kappa shape index (κ1) is 9.73. The van der Waals surface area contributed by atoms with Crippen LogP contribution in [0.4, 0.5) is 0 Å². The Kier molecular flexibility index (Phi) is 3.45. The number of nitrogens with one attached hydrogen (secondary N) is 2. The Balaban J connectivity index is 2.30. The van der Waals surface area contributed by atoms with Crippen molar-refractivity contribution < 1.29 is 9.53 Å². The van der Waals surface area contributed by atoms with E-state index in [1.165, 1.54) is 7.11 Å². The summed E-state index contributed by atoms with van der Waals surface area (Å²) in [4.78, 5) is 17.9. The standard InChI is InChI=1S/C8H13N3O2/c1-6(8(12)13-2)11-5-7-9-3-4-10-7/h3-4,6,11H,5H2,1-2H3,(H,9,10). The van der Waals surface area contributed by atoms with Crippen LogP contribution in [0.15, 0.2) is 12.4 Å². The maximum atomic E-state index is 11.0. The highest BCUT2D eigenvalue weighted by Crippen LogP contribution is 1.91. The third kappa shape index (κ3) is 2.87. The average molecular weight is 183 g/mol. The highest BCUT2D eigenvalue weighted by atomic mass is 16.5. The molecule has 0 saturated heterocycles. The van der Waals surface area contributed by atoms with Gasteiger partial charge in [0.15, 0.2) is 0 Å². The molecule has 1 unspecified atom stereocenters. The van der Waals surface area contributed by atoms with Crippen molar-refractivity contribution in [2.75, 3.05) is 7.11 Å². The van der Waals surface area contributed by atoms with Crippen molar-refractivity contribution >= 4 is 5.97 Å². The van der Waals surface area contributed by atoms with E-state index < -0.39 is 0 Å². The number of aromatic amines is 1. The molecule has 1 heterocycles. The van der Waals surface area contributed by atoms with Gasteiger partial charge in [-0.3, -0.25) is 10.1 Å². The molecule has 72 valence electrons. The van der Waals surface area contributed by atoms with Gasteiger partial charge in [-0.2, -0.15) is 0 Å². The van der Waals surface area contributed by atoms with E-state index in [0.29, 0.717) is 6.54 Å². The number of carbonyl (C=O) groups excluding carboxylic acids is 1. The number of hydrogen-bond donors (Lipinski definition) is 2. The fourth-order valence-electron chi connectivity index (χ4n) is 0.905. The van der Waals surface area contributed by atoms with Gasteiger partial charge in [-0.05, 0) is 6.92 Å². The molecule has 1 atom stereocenters. The Labute approximate surface area is 76.5 Å². The minimum atomic E-state index is -0.310. The predicted molar refractivity (Wildman–Crippen MR) is 46.9 cm³/mol. The first-order chi connectivity index (χ1) is 6.24. The summed E-state index contributed by atoms with van der Waals surface area (Å²) in [6, 6.07) is -0.310. The third-order valence-corrected chi connectivity index (χ3v) is 1.69. The normalized spacial score (nSPS) is 12.5. The summed E-state index contributed by atoms with van der Waals surface area (Å²) in [7, 11) is 1.37. The molecule has 0 aromatic carbocycles. The number of ether oxygens (including phenoxy) is 1. The zero-order chi connectivity index (χ0) is 9.68. The number of H-pyrrole nitrogens is 1. The van der Waals surface area contributed by atoms with Crippen LogP contribution in [0.1, 0.15) is 12.7 Å². The molecule has 0 fully saturated rings. The van der Waals surface area contributed by atoms with Crippen molar-refractivity contribution in [2.45, 2.75) is 19.5 Å². The third-order valence-electron chi connectivity index (χ3n) is 1.69. The molecule has 0 bridgehead atoms. The van der Waals surface area contributed by atoms with Gasteiger partial charge >= 0.3 is 5.97 Å². The lowest BCUT2D eigenvalue weighted by Crippen LogP contribution is -2.34. The van der Waals surface area contributed by atoms with E-state index in [2.05, 4.69) is 20.0 Å². The van der Waals surface area contributed by atoms with Crippen molar-refractivity contribution in [1.29, 1.82) is 0 Å². The number of methoxy groups -OCH3 is 1. The Morgan fingerprint density at radius 3 is 3.15 bits per heavy atom. The zero-order valence-corrected chi connectivity index (χ0v) is 7.70. The summed E-state index contributed by atoms with van der Waals surface area (Å²) >= 11 is 0. The van der Waals surface area contributed by atoms with Crippen LogP contribution in [0.2, 0.25) is 0 Å². The van der Waals surface area contributed by atoms with Crippen molar-refractivity contribution in [3.05, 3.63) is 18.2 Å². The number of aromatic nitrogens is 2. The number of esters is 1. The second kappa shape index (κ2) is 4.61. The molecular weight excluding hydrogens is 170 g/mol. The van der Waals surface area contributed by atoms with Crippen LogP contribution in [0.25, 0.3) is 0 Å². The summed E-state index contributed by atoms with van der Waals surface area (Å²) in [6.07, 6.45) is 3.40. The quantitative estimate of drug-likeness (QED) is 0.648. The monoisotopic (exact) mass is 183 g/mol. The first-order valence-corrected chi connectivity index (χ1v) is 4.03.